The maximum absolute atomic E-state index is 12.5. The number of nitrogens with one attached hydrogen (secondary N) is 1. The quantitative estimate of drug-likeness (QED) is 0.621. The number of hydrazine groups is 1. The predicted molar refractivity (Wildman–Crippen MR) is 104 cm³/mol. The number of methoxy groups -OCH3 is 1. The SMILES string of the molecule is COc1cc(C(=O)NN2C(=O)/C(=C/c3ccccc3)SC2=S)ccc1O. The van der Waals surface area contributed by atoms with Crippen LogP contribution in [0, 0.1) is 0 Å². The number of amides is 2. The first-order chi connectivity index (χ1) is 12.5. The van der Waals surface area contributed by atoms with Crippen molar-refractivity contribution in [2.75, 3.05) is 7.11 Å². The summed E-state index contributed by atoms with van der Waals surface area (Å²) >= 11 is 6.31. The number of ether oxygens (including phenoxy) is 1. The summed E-state index contributed by atoms with van der Waals surface area (Å²) in [5.74, 6) is -0.865. The number of thiocarbonyl (C=S) groups is 1. The van der Waals surface area contributed by atoms with Crippen molar-refractivity contribution in [3.63, 3.8) is 0 Å². The number of hydrogen-bond donors (Lipinski definition) is 2. The number of phenols is 1. The highest BCUT2D eigenvalue weighted by Crippen LogP contribution is 2.32. The molecule has 1 fully saturated rings. The third-order valence-corrected chi connectivity index (χ3v) is 4.85. The maximum atomic E-state index is 12.5. The number of carbonyl (C=O) groups excluding carboxylic acids is 2. The van der Waals surface area contributed by atoms with Crippen LogP contribution in [0.25, 0.3) is 6.08 Å². The zero-order valence-corrected chi connectivity index (χ0v) is 15.3. The topological polar surface area (TPSA) is 78.9 Å². The number of hydrogen-bond acceptors (Lipinski definition) is 6. The second kappa shape index (κ2) is 7.59. The van der Waals surface area contributed by atoms with E-state index in [4.69, 9.17) is 17.0 Å². The van der Waals surface area contributed by atoms with Gasteiger partial charge in [-0.1, -0.05) is 42.1 Å². The average Bonchev–Trinajstić information content (AvgIpc) is 2.90. The van der Waals surface area contributed by atoms with Crippen molar-refractivity contribution in [2.45, 2.75) is 0 Å². The fourth-order valence-corrected chi connectivity index (χ4v) is 3.43. The maximum Gasteiger partial charge on any atom is 0.285 e. The fourth-order valence-electron chi connectivity index (χ4n) is 2.25. The van der Waals surface area contributed by atoms with Gasteiger partial charge in [-0.2, -0.15) is 5.01 Å². The molecule has 8 heteroatoms. The summed E-state index contributed by atoms with van der Waals surface area (Å²) in [4.78, 5) is 25.4. The number of carbonyl (C=O) groups is 2. The molecule has 1 heterocycles. The molecular weight excluding hydrogens is 372 g/mol. The molecule has 0 aromatic heterocycles. The van der Waals surface area contributed by atoms with Gasteiger partial charge < -0.3 is 9.84 Å². The summed E-state index contributed by atoms with van der Waals surface area (Å²) in [5, 5.41) is 10.6. The van der Waals surface area contributed by atoms with Crippen LogP contribution in [0.5, 0.6) is 11.5 Å². The summed E-state index contributed by atoms with van der Waals surface area (Å²) in [6.07, 6.45) is 1.72. The van der Waals surface area contributed by atoms with Crippen molar-refractivity contribution in [2.24, 2.45) is 0 Å². The van der Waals surface area contributed by atoms with Crippen molar-refractivity contribution in [3.8, 4) is 11.5 Å². The van der Waals surface area contributed by atoms with Crippen LogP contribution in [-0.4, -0.2) is 33.4 Å². The van der Waals surface area contributed by atoms with Crippen LogP contribution in [0.2, 0.25) is 0 Å². The van der Waals surface area contributed by atoms with Crippen LogP contribution >= 0.6 is 24.0 Å². The van der Waals surface area contributed by atoms with Crippen molar-refractivity contribution < 1.29 is 19.4 Å². The monoisotopic (exact) mass is 386 g/mol. The van der Waals surface area contributed by atoms with Gasteiger partial charge in [0.1, 0.15) is 0 Å². The predicted octanol–water partition coefficient (Wildman–Crippen LogP) is 2.95. The standard InChI is InChI=1S/C18H14N2O4S2/c1-24-14-10-12(7-8-13(14)21)16(22)19-20-17(23)15(26-18(20)25)9-11-5-3-2-4-6-11/h2-10,21H,1H3,(H,19,22)/b15-9-. The Bertz CT molecular complexity index is 913. The number of thioether (sulfide) groups is 1. The Balaban J connectivity index is 1.78. The van der Waals surface area contributed by atoms with E-state index in [0.29, 0.717) is 4.91 Å². The lowest BCUT2D eigenvalue weighted by atomic mass is 10.2. The van der Waals surface area contributed by atoms with Crippen molar-refractivity contribution in [1.82, 2.24) is 10.4 Å². The minimum Gasteiger partial charge on any atom is -0.504 e. The van der Waals surface area contributed by atoms with Crippen LogP contribution in [0.3, 0.4) is 0 Å². The smallest absolute Gasteiger partial charge is 0.285 e. The Kier molecular flexibility index (Phi) is 5.24. The van der Waals surface area contributed by atoms with Gasteiger partial charge in [-0.15, -0.1) is 0 Å². The van der Waals surface area contributed by atoms with E-state index in [1.807, 2.05) is 30.3 Å². The van der Waals surface area contributed by atoms with E-state index < -0.39 is 11.8 Å². The van der Waals surface area contributed by atoms with Crippen LogP contribution in [0.1, 0.15) is 15.9 Å². The second-order valence-corrected chi connectivity index (χ2v) is 6.93. The van der Waals surface area contributed by atoms with Crippen LogP contribution in [0.4, 0.5) is 0 Å². The molecule has 0 radical (unpaired) electrons. The van der Waals surface area contributed by atoms with Crippen LogP contribution in [-0.2, 0) is 4.79 Å². The zero-order chi connectivity index (χ0) is 18.7. The van der Waals surface area contributed by atoms with E-state index >= 15 is 0 Å². The molecular formula is C18H14N2O4S2. The van der Waals surface area contributed by atoms with Gasteiger partial charge in [-0.3, -0.25) is 15.0 Å². The number of benzene rings is 2. The molecule has 2 N–H and O–H groups in total. The van der Waals surface area contributed by atoms with Gasteiger partial charge in [0, 0.05) is 5.56 Å². The minimum absolute atomic E-state index is 0.0829. The van der Waals surface area contributed by atoms with Crippen molar-refractivity contribution in [3.05, 3.63) is 64.6 Å². The molecule has 3 rings (SSSR count). The summed E-state index contributed by atoms with van der Waals surface area (Å²) in [5.41, 5.74) is 3.57. The highest BCUT2D eigenvalue weighted by Gasteiger charge is 2.33. The molecule has 0 unspecified atom stereocenters. The van der Waals surface area contributed by atoms with Gasteiger partial charge in [-0.25, -0.2) is 0 Å². The normalized spacial score (nSPS) is 15.4. The Morgan fingerprint density at radius 3 is 2.69 bits per heavy atom. The molecule has 1 aliphatic rings. The Morgan fingerprint density at radius 1 is 1.27 bits per heavy atom. The molecule has 1 aliphatic heterocycles. The van der Waals surface area contributed by atoms with Gasteiger partial charge in [0.05, 0.1) is 12.0 Å². The molecule has 0 spiro atoms. The molecule has 132 valence electrons. The lowest BCUT2D eigenvalue weighted by Crippen LogP contribution is -2.44. The van der Waals surface area contributed by atoms with Gasteiger partial charge in [-0.05, 0) is 42.1 Å². The van der Waals surface area contributed by atoms with Gasteiger partial charge in [0.15, 0.2) is 15.8 Å². The first-order valence-electron chi connectivity index (χ1n) is 7.50. The molecule has 6 nitrogen and oxygen atoms in total. The fraction of sp³-hybridized carbons (Fsp3) is 0.0556. The lowest BCUT2D eigenvalue weighted by Gasteiger charge is -2.16. The minimum atomic E-state index is -0.541. The van der Waals surface area contributed by atoms with Crippen LogP contribution in [0.15, 0.2) is 53.4 Å². The third-order valence-electron chi connectivity index (χ3n) is 3.55. The number of aromatic hydroxyl groups is 1. The lowest BCUT2D eigenvalue weighted by molar-refractivity contribution is -0.123. The largest absolute Gasteiger partial charge is 0.504 e. The zero-order valence-electron chi connectivity index (χ0n) is 13.6. The second-order valence-electron chi connectivity index (χ2n) is 5.26. The Morgan fingerprint density at radius 2 is 2.00 bits per heavy atom. The van der Waals surface area contributed by atoms with E-state index in [1.165, 1.54) is 25.3 Å². The third kappa shape index (κ3) is 3.71. The summed E-state index contributed by atoms with van der Waals surface area (Å²) in [6.45, 7) is 0. The molecule has 0 bridgehead atoms. The molecule has 0 saturated carbocycles. The van der Waals surface area contributed by atoms with Crippen LogP contribution < -0.4 is 10.2 Å². The number of rotatable bonds is 4. The Labute approximate surface area is 159 Å². The van der Waals surface area contributed by atoms with Crippen molar-refractivity contribution >= 4 is 46.2 Å². The van der Waals surface area contributed by atoms with E-state index in [1.54, 1.807) is 6.08 Å². The molecule has 2 aromatic carbocycles. The van der Waals surface area contributed by atoms with Gasteiger partial charge in [0.25, 0.3) is 11.8 Å². The summed E-state index contributed by atoms with van der Waals surface area (Å²) in [6, 6.07) is 13.5. The van der Waals surface area contributed by atoms with E-state index in [-0.39, 0.29) is 21.4 Å². The molecule has 2 aromatic rings. The van der Waals surface area contributed by atoms with E-state index in [0.717, 1.165) is 22.3 Å². The van der Waals surface area contributed by atoms with E-state index in [2.05, 4.69) is 5.43 Å². The first kappa shape index (κ1) is 18.0. The number of phenolic OH excluding ortho intramolecular Hbond substituents is 1. The molecule has 0 aliphatic carbocycles. The summed E-state index contributed by atoms with van der Waals surface area (Å²) < 4.78 is 5.21. The summed E-state index contributed by atoms with van der Waals surface area (Å²) in [7, 11) is 1.38. The molecule has 26 heavy (non-hydrogen) atoms. The van der Waals surface area contributed by atoms with Gasteiger partial charge in [0.2, 0.25) is 0 Å². The highest BCUT2D eigenvalue weighted by atomic mass is 32.2. The van der Waals surface area contributed by atoms with E-state index in [9.17, 15) is 14.7 Å². The highest BCUT2D eigenvalue weighted by molar-refractivity contribution is 8.26. The number of nitrogens with zero attached hydrogens (tertiary/aromatic N) is 1. The molecule has 0 atom stereocenters. The molecule has 2 amide bonds. The Hall–Kier alpha value is -2.84. The van der Waals surface area contributed by atoms with Crippen molar-refractivity contribution in [1.29, 1.82) is 0 Å². The molecule has 1 saturated heterocycles. The first-order valence-corrected chi connectivity index (χ1v) is 8.73. The van der Waals surface area contributed by atoms with Gasteiger partial charge >= 0.3 is 0 Å². The average molecular weight is 386 g/mol.